The van der Waals surface area contributed by atoms with Gasteiger partial charge in [-0.3, -0.25) is 4.57 Å². The highest BCUT2D eigenvalue weighted by Gasteiger charge is 2.11. The number of fused-ring (bicyclic) bond motifs is 1. The molecule has 1 N–H and O–H groups in total. The average Bonchev–Trinajstić information content (AvgIpc) is 3.06. The zero-order valence-electron chi connectivity index (χ0n) is 11.2. The molecule has 0 aliphatic carbocycles. The number of nitrogens with zero attached hydrogens (tertiary/aromatic N) is 4. The third-order valence-corrected chi connectivity index (χ3v) is 4.89. The third kappa shape index (κ3) is 2.97. The first kappa shape index (κ1) is 14.6. The van der Waals surface area contributed by atoms with Gasteiger partial charge in [0.2, 0.25) is 0 Å². The van der Waals surface area contributed by atoms with E-state index in [0.29, 0.717) is 28.4 Å². The Morgan fingerprint density at radius 3 is 3.14 bits per heavy atom. The minimum absolute atomic E-state index is 0.188. The summed E-state index contributed by atoms with van der Waals surface area (Å²) in [5.74, 6) is 1.15. The molecule has 3 aromatic heterocycles. The van der Waals surface area contributed by atoms with Crippen LogP contribution in [0, 0.1) is 0 Å². The molecule has 0 radical (unpaired) electrons. The monoisotopic (exact) mass is 341 g/mol. The molecule has 0 bridgehead atoms. The highest BCUT2D eigenvalue weighted by Crippen LogP contribution is 2.26. The minimum atomic E-state index is -0.188. The van der Waals surface area contributed by atoms with Gasteiger partial charge in [-0.15, -0.1) is 16.4 Å². The second-order valence-electron chi connectivity index (χ2n) is 4.32. The summed E-state index contributed by atoms with van der Waals surface area (Å²) in [4.78, 5) is 21.2. The Morgan fingerprint density at radius 1 is 1.48 bits per heavy atom. The number of nitrogens with one attached hydrogen (secondary N) is 1. The van der Waals surface area contributed by atoms with E-state index in [4.69, 9.17) is 11.6 Å². The SMILES string of the molecule is CCCn1c(SCc2nc(Cl)c3ccsc3n2)n[nH]c1=O. The lowest BCUT2D eigenvalue weighted by molar-refractivity contribution is 0.603. The molecule has 6 nitrogen and oxygen atoms in total. The van der Waals surface area contributed by atoms with Crippen molar-refractivity contribution < 1.29 is 0 Å². The van der Waals surface area contributed by atoms with Crippen LogP contribution in [0.5, 0.6) is 0 Å². The van der Waals surface area contributed by atoms with Gasteiger partial charge in [0.15, 0.2) is 5.16 Å². The van der Waals surface area contributed by atoms with Gasteiger partial charge < -0.3 is 0 Å². The van der Waals surface area contributed by atoms with Gasteiger partial charge in [0.05, 0.1) is 5.75 Å². The maximum absolute atomic E-state index is 11.6. The Morgan fingerprint density at radius 2 is 2.33 bits per heavy atom. The lowest BCUT2D eigenvalue weighted by atomic mass is 10.4. The lowest BCUT2D eigenvalue weighted by Gasteiger charge is -2.03. The minimum Gasteiger partial charge on any atom is -0.270 e. The average molecular weight is 342 g/mol. The van der Waals surface area contributed by atoms with E-state index in [2.05, 4.69) is 20.2 Å². The van der Waals surface area contributed by atoms with E-state index in [1.165, 1.54) is 23.1 Å². The van der Waals surface area contributed by atoms with Crippen molar-refractivity contribution in [3.8, 4) is 0 Å². The first-order valence-corrected chi connectivity index (χ1v) is 8.61. The predicted molar refractivity (Wildman–Crippen MR) is 85.1 cm³/mol. The van der Waals surface area contributed by atoms with Crippen molar-refractivity contribution in [3.05, 3.63) is 32.9 Å². The van der Waals surface area contributed by atoms with Gasteiger partial charge in [0.1, 0.15) is 15.8 Å². The van der Waals surface area contributed by atoms with E-state index < -0.39 is 0 Å². The van der Waals surface area contributed by atoms with Crippen LogP contribution in [0.1, 0.15) is 19.2 Å². The van der Waals surface area contributed by atoms with Gasteiger partial charge in [-0.05, 0) is 17.9 Å². The summed E-state index contributed by atoms with van der Waals surface area (Å²) in [5, 5.41) is 10.4. The van der Waals surface area contributed by atoms with E-state index in [9.17, 15) is 4.79 Å². The van der Waals surface area contributed by atoms with Crippen molar-refractivity contribution in [1.29, 1.82) is 0 Å². The molecule has 0 aliphatic rings. The van der Waals surface area contributed by atoms with Crippen LogP contribution in [-0.2, 0) is 12.3 Å². The maximum Gasteiger partial charge on any atom is 0.343 e. The number of hydrogen-bond acceptors (Lipinski definition) is 6. The molecule has 3 rings (SSSR count). The van der Waals surface area contributed by atoms with Gasteiger partial charge in [-0.1, -0.05) is 30.3 Å². The number of rotatable bonds is 5. The quantitative estimate of drug-likeness (QED) is 0.570. The van der Waals surface area contributed by atoms with Crippen molar-refractivity contribution in [2.45, 2.75) is 30.8 Å². The van der Waals surface area contributed by atoms with Gasteiger partial charge in [-0.25, -0.2) is 19.9 Å². The highest BCUT2D eigenvalue weighted by molar-refractivity contribution is 7.98. The molecule has 21 heavy (non-hydrogen) atoms. The summed E-state index contributed by atoms with van der Waals surface area (Å²) in [6, 6.07) is 1.91. The van der Waals surface area contributed by atoms with Crippen LogP contribution in [0.4, 0.5) is 0 Å². The standard InChI is InChI=1S/C12H12ClN5OS2/c1-2-4-18-11(19)16-17-12(18)21-6-8-14-9(13)7-3-5-20-10(7)15-8/h3,5H,2,4,6H2,1H3,(H,16,19). The number of thioether (sulfide) groups is 1. The lowest BCUT2D eigenvalue weighted by Crippen LogP contribution is -2.17. The number of thiophene rings is 1. The third-order valence-electron chi connectivity index (χ3n) is 2.83. The van der Waals surface area contributed by atoms with Crippen LogP contribution in [0.15, 0.2) is 21.4 Å². The van der Waals surface area contributed by atoms with Crippen LogP contribution in [0.25, 0.3) is 10.2 Å². The molecular weight excluding hydrogens is 330 g/mol. The molecule has 0 aliphatic heterocycles. The first-order chi connectivity index (χ1) is 10.2. The summed E-state index contributed by atoms with van der Waals surface area (Å²) < 4.78 is 1.62. The van der Waals surface area contributed by atoms with Gasteiger partial charge in [-0.2, -0.15) is 0 Å². The molecule has 0 aromatic carbocycles. The summed E-state index contributed by atoms with van der Waals surface area (Å²) in [5.41, 5.74) is -0.188. The molecule has 0 fully saturated rings. The van der Waals surface area contributed by atoms with Gasteiger partial charge in [0.25, 0.3) is 0 Å². The topological polar surface area (TPSA) is 76.5 Å². The van der Waals surface area contributed by atoms with E-state index in [1.807, 2.05) is 18.4 Å². The van der Waals surface area contributed by atoms with Crippen LogP contribution in [0.2, 0.25) is 5.15 Å². The second-order valence-corrected chi connectivity index (χ2v) is 6.52. The summed E-state index contributed by atoms with van der Waals surface area (Å²) in [6.07, 6.45) is 0.872. The Labute approximate surface area is 133 Å². The van der Waals surface area contributed by atoms with E-state index in [1.54, 1.807) is 4.57 Å². The molecule has 0 unspecified atom stereocenters. The van der Waals surface area contributed by atoms with Crippen molar-refractivity contribution in [2.75, 3.05) is 0 Å². The molecular formula is C12H12ClN5OS2. The Bertz CT molecular complexity index is 825. The van der Waals surface area contributed by atoms with Crippen LogP contribution in [0.3, 0.4) is 0 Å². The molecule has 9 heteroatoms. The molecule has 0 atom stereocenters. The highest BCUT2D eigenvalue weighted by atomic mass is 35.5. The van der Waals surface area contributed by atoms with Crippen LogP contribution in [-0.4, -0.2) is 24.7 Å². The normalized spacial score (nSPS) is 11.3. The number of aromatic nitrogens is 5. The first-order valence-electron chi connectivity index (χ1n) is 6.36. The summed E-state index contributed by atoms with van der Waals surface area (Å²) in [6.45, 7) is 2.66. The zero-order valence-corrected chi connectivity index (χ0v) is 13.6. The Kier molecular flexibility index (Phi) is 4.27. The molecule has 3 aromatic rings. The van der Waals surface area contributed by atoms with Crippen molar-refractivity contribution >= 4 is 44.9 Å². The second kappa shape index (κ2) is 6.17. The summed E-state index contributed by atoms with van der Waals surface area (Å²) in [7, 11) is 0. The fraction of sp³-hybridized carbons (Fsp3) is 0.333. The summed E-state index contributed by atoms with van der Waals surface area (Å²) >= 11 is 9.09. The Hall–Kier alpha value is -1.38. The number of hydrogen-bond donors (Lipinski definition) is 1. The molecule has 110 valence electrons. The van der Waals surface area contributed by atoms with E-state index in [-0.39, 0.29) is 5.69 Å². The molecule has 0 saturated carbocycles. The zero-order chi connectivity index (χ0) is 14.8. The number of aromatic amines is 1. The van der Waals surface area contributed by atoms with Gasteiger partial charge >= 0.3 is 5.69 Å². The van der Waals surface area contributed by atoms with Crippen molar-refractivity contribution in [3.63, 3.8) is 0 Å². The predicted octanol–water partition coefficient (Wildman–Crippen LogP) is 2.93. The van der Waals surface area contributed by atoms with Gasteiger partial charge in [0, 0.05) is 11.9 Å². The molecule has 0 amide bonds. The molecule has 0 saturated heterocycles. The van der Waals surface area contributed by atoms with Crippen molar-refractivity contribution in [2.24, 2.45) is 0 Å². The van der Waals surface area contributed by atoms with Crippen LogP contribution >= 0.6 is 34.7 Å². The number of halogens is 1. The Balaban J connectivity index is 1.81. The molecule has 0 spiro atoms. The van der Waals surface area contributed by atoms with E-state index in [0.717, 1.165) is 16.6 Å². The molecule has 3 heterocycles. The maximum atomic E-state index is 11.6. The smallest absolute Gasteiger partial charge is 0.270 e. The van der Waals surface area contributed by atoms with Crippen molar-refractivity contribution in [1.82, 2.24) is 24.7 Å². The van der Waals surface area contributed by atoms with E-state index >= 15 is 0 Å². The fourth-order valence-electron chi connectivity index (χ4n) is 1.89. The number of H-pyrrole nitrogens is 1. The fourth-order valence-corrected chi connectivity index (χ4v) is 3.80. The largest absolute Gasteiger partial charge is 0.343 e. The van der Waals surface area contributed by atoms with Crippen LogP contribution < -0.4 is 5.69 Å².